The highest BCUT2D eigenvalue weighted by Gasteiger charge is 2.33. The fourth-order valence-electron chi connectivity index (χ4n) is 4.30. The minimum absolute atomic E-state index is 0.0939. The largest absolute Gasteiger partial charge is 0.372 e. The third-order valence-electron chi connectivity index (χ3n) is 5.76. The zero-order valence-corrected chi connectivity index (χ0v) is 17.1. The van der Waals surface area contributed by atoms with E-state index in [4.69, 9.17) is 4.74 Å². The number of ether oxygens (including phenoxy) is 1. The molecule has 2 aromatic rings. The summed E-state index contributed by atoms with van der Waals surface area (Å²) < 4.78 is 7.52. The second-order valence-electron chi connectivity index (χ2n) is 7.90. The Morgan fingerprint density at radius 2 is 1.82 bits per heavy atom. The van der Waals surface area contributed by atoms with Crippen molar-refractivity contribution in [3.63, 3.8) is 0 Å². The van der Waals surface area contributed by atoms with Crippen molar-refractivity contribution in [3.8, 4) is 0 Å². The van der Waals surface area contributed by atoms with Crippen molar-refractivity contribution in [2.75, 3.05) is 44.2 Å². The fraction of sp³-hybridized carbons (Fsp3) is 0.684. The van der Waals surface area contributed by atoms with Crippen molar-refractivity contribution in [2.45, 2.75) is 39.0 Å². The molecule has 2 aliphatic rings. The molecule has 2 fully saturated rings. The van der Waals surface area contributed by atoms with Gasteiger partial charge in [-0.2, -0.15) is 5.10 Å². The zero-order chi connectivity index (χ0) is 19.8. The predicted octanol–water partition coefficient (Wildman–Crippen LogP) is 0.510. The molecule has 2 aromatic heterocycles. The minimum Gasteiger partial charge on any atom is -0.372 e. The van der Waals surface area contributed by atoms with Gasteiger partial charge in [0.15, 0.2) is 5.65 Å². The number of carbonyl (C=O) groups excluding carboxylic acids is 1. The van der Waals surface area contributed by atoms with Crippen molar-refractivity contribution in [1.82, 2.24) is 29.5 Å². The molecule has 4 rings (SSSR count). The predicted molar refractivity (Wildman–Crippen MR) is 106 cm³/mol. The first-order valence-electron chi connectivity index (χ1n) is 10.00. The molecule has 4 heterocycles. The third kappa shape index (κ3) is 3.56. The number of morpholine rings is 1. The molecule has 0 aliphatic carbocycles. The van der Waals surface area contributed by atoms with Crippen LogP contribution < -0.4 is 4.90 Å². The van der Waals surface area contributed by atoms with Gasteiger partial charge in [0.25, 0.3) is 0 Å². The van der Waals surface area contributed by atoms with Crippen molar-refractivity contribution in [2.24, 2.45) is 7.05 Å². The number of carbonyl (C=O) groups is 1. The summed E-state index contributed by atoms with van der Waals surface area (Å²) in [4.78, 5) is 28.3. The Kier molecular flexibility index (Phi) is 5.20. The maximum Gasteiger partial charge on any atom is 0.239 e. The average Bonchev–Trinajstić information content (AvgIpc) is 3.07. The van der Waals surface area contributed by atoms with E-state index in [9.17, 15) is 4.79 Å². The molecule has 3 atom stereocenters. The number of hydrogen-bond donors (Lipinski definition) is 0. The van der Waals surface area contributed by atoms with E-state index < -0.39 is 0 Å². The highest BCUT2D eigenvalue weighted by molar-refractivity contribution is 5.86. The van der Waals surface area contributed by atoms with Crippen molar-refractivity contribution < 1.29 is 9.53 Å². The van der Waals surface area contributed by atoms with E-state index in [0.717, 1.165) is 43.0 Å². The molecule has 1 amide bonds. The highest BCUT2D eigenvalue weighted by atomic mass is 16.5. The Morgan fingerprint density at radius 1 is 1.14 bits per heavy atom. The molecule has 0 saturated carbocycles. The second kappa shape index (κ2) is 7.63. The van der Waals surface area contributed by atoms with Gasteiger partial charge in [0.05, 0.1) is 29.8 Å². The normalized spacial score (nSPS) is 25.3. The lowest BCUT2D eigenvalue weighted by molar-refractivity contribution is -0.148. The van der Waals surface area contributed by atoms with Gasteiger partial charge in [-0.1, -0.05) is 0 Å². The molecule has 0 unspecified atom stereocenters. The highest BCUT2D eigenvalue weighted by Crippen LogP contribution is 2.24. The molecule has 2 aliphatic heterocycles. The summed E-state index contributed by atoms with van der Waals surface area (Å²) in [7, 11) is 1.89. The number of aryl methyl sites for hydroxylation is 1. The van der Waals surface area contributed by atoms with Gasteiger partial charge in [-0.3, -0.25) is 14.4 Å². The third-order valence-corrected chi connectivity index (χ3v) is 5.76. The standard InChI is InChI=1S/C19H29N7O2/c1-13-10-26(11-14(2)28-13)19(27)15(3)24-5-7-25(8-6-24)18-16-9-22-23(4)17(16)20-12-21-18/h9,12-15H,5-8,10-11H2,1-4H3/t13-,14+,15-/m1/s1. The lowest BCUT2D eigenvalue weighted by Crippen LogP contribution is -2.57. The molecule has 0 spiro atoms. The van der Waals surface area contributed by atoms with Crippen LogP contribution in [-0.4, -0.2) is 93.0 Å². The van der Waals surface area contributed by atoms with Gasteiger partial charge in [-0.25, -0.2) is 9.97 Å². The lowest BCUT2D eigenvalue weighted by atomic mass is 10.1. The number of aromatic nitrogens is 4. The molecule has 0 N–H and O–H groups in total. The van der Waals surface area contributed by atoms with Crippen LogP contribution in [0.4, 0.5) is 5.82 Å². The van der Waals surface area contributed by atoms with Gasteiger partial charge in [0.2, 0.25) is 5.91 Å². The Bertz CT molecular complexity index is 836. The van der Waals surface area contributed by atoms with Crippen LogP contribution in [0.1, 0.15) is 20.8 Å². The van der Waals surface area contributed by atoms with Crippen LogP contribution in [0.3, 0.4) is 0 Å². The molecule has 9 heteroatoms. The molecule has 0 bridgehead atoms. The van der Waals surface area contributed by atoms with Crippen LogP contribution in [-0.2, 0) is 16.6 Å². The van der Waals surface area contributed by atoms with Crippen LogP contribution in [0, 0.1) is 0 Å². The monoisotopic (exact) mass is 387 g/mol. The summed E-state index contributed by atoms with van der Waals surface area (Å²) in [5.74, 6) is 1.12. The first-order chi connectivity index (χ1) is 13.4. The smallest absolute Gasteiger partial charge is 0.239 e. The molecular formula is C19H29N7O2. The first-order valence-corrected chi connectivity index (χ1v) is 10.00. The van der Waals surface area contributed by atoms with E-state index in [2.05, 4.69) is 24.9 Å². The van der Waals surface area contributed by atoms with Gasteiger partial charge in [-0.05, 0) is 20.8 Å². The summed E-state index contributed by atoms with van der Waals surface area (Å²) in [6.45, 7) is 10.7. The van der Waals surface area contributed by atoms with Gasteiger partial charge in [0.1, 0.15) is 12.1 Å². The van der Waals surface area contributed by atoms with E-state index in [1.165, 1.54) is 0 Å². The molecular weight excluding hydrogens is 358 g/mol. The average molecular weight is 387 g/mol. The maximum atomic E-state index is 13.0. The van der Waals surface area contributed by atoms with E-state index >= 15 is 0 Å². The summed E-state index contributed by atoms with van der Waals surface area (Å²) in [6.07, 6.45) is 3.61. The van der Waals surface area contributed by atoms with Gasteiger partial charge >= 0.3 is 0 Å². The van der Waals surface area contributed by atoms with Crippen molar-refractivity contribution in [1.29, 1.82) is 0 Å². The molecule has 9 nitrogen and oxygen atoms in total. The Hall–Kier alpha value is -2.26. The van der Waals surface area contributed by atoms with Gasteiger partial charge in [0, 0.05) is 46.3 Å². The molecule has 152 valence electrons. The second-order valence-corrected chi connectivity index (χ2v) is 7.90. The summed E-state index contributed by atoms with van der Waals surface area (Å²) >= 11 is 0. The lowest BCUT2D eigenvalue weighted by Gasteiger charge is -2.41. The topological polar surface area (TPSA) is 79.6 Å². The molecule has 0 aromatic carbocycles. The van der Waals surface area contributed by atoms with Crippen LogP contribution in [0.2, 0.25) is 0 Å². The van der Waals surface area contributed by atoms with Gasteiger partial charge < -0.3 is 14.5 Å². The van der Waals surface area contributed by atoms with Crippen LogP contribution >= 0.6 is 0 Å². The number of anilines is 1. The quantitative estimate of drug-likeness (QED) is 0.759. The van der Waals surface area contributed by atoms with E-state index in [1.807, 2.05) is 38.9 Å². The number of rotatable bonds is 3. The van der Waals surface area contributed by atoms with Crippen molar-refractivity contribution >= 4 is 22.8 Å². The van der Waals surface area contributed by atoms with E-state index in [-0.39, 0.29) is 24.2 Å². The summed E-state index contributed by atoms with van der Waals surface area (Å²) in [5.41, 5.74) is 0.839. The Labute approximate surface area is 165 Å². The molecule has 28 heavy (non-hydrogen) atoms. The molecule has 2 saturated heterocycles. The number of piperazine rings is 1. The summed E-state index contributed by atoms with van der Waals surface area (Å²) in [6, 6.07) is -0.122. The minimum atomic E-state index is -0.122. The summed E-state index contributed by atoms with van der Waals surface area (Å²) in [5, 5.41) is 5.27. The van der Waals surface area contributed by atoms with Gasteiger partial charge in [-0.15, -0.1) is 0 Å². The fourth-order valence-corrected chi connectivity index (χ4v) is 4.30. The van der Waals surface area contributed by atoms with E-state index in [1.54, 1.807) is 11.0 Å². The first kappa shape index (κ1) is 19.1. The maximum absolute atomic E-state index is 13.0. The molecule has 0 radical (unpaired) electrons. The number of hydrogen-bond acceptors (Lipinski definition) is 7. The number of amides is 1. The number of fused-ring (bicyclic) bond motifs is 1. The Morgan fingerprint density at radius 3 is 2.50 bits per heavy atom. The van der Waals surface area contributed by atoms with Crippen molar-refractivity contribution in [3.05, 3.63) is 12.5 Å². The zero-order valence-electron chi connectivity index (χ0n) is 17.1. The van der Waals surface area contributed by atoms with Crippen LogP contribution in [0.25, 0.3) is 11.0 Å². The van der Waals surface area contributed by atoms with Crippen LogP contribution in [0.5, 0.6) is 0 Å². The number of nitrogens with zero attached hydrogens (tertiary/aromatic N) is 7. The Balaban J connectivity index is 1.40. The van der Waals surface area contributed by atoms with Crippen LogP contribution in [0.15, 0.2) is 12.5 Å². The van der Waals surface area contributed by atoms with E-state index in [0.29, 0.717) is 13.1 Å². The SMILES string of the molecule is C[C@@H]1CN(C(=O)[C@@H](C)N2CCN(c3ncnc4c3cnn4C)CC2)C[C@H](C)O1.